The Morgan fingerprint density at radius 3 is 1.24 bits per heavy atom. The Morgan fingerprint density at radius 2 is 0.674 bits per heavy atom. The van der Waals surface area contributed by atoms with Crippen molar-refractivity contribution in [2.75, 3.05) is 9.80 Å². The predicted octanol–water partition coefficient (Wildman–Crippen LogP) is 23.6. The van der Waals surface area contributed by atoms with Gasteiger partial charge < -0.3 is 18.6 Å². The molecule has 19 rings (SSSR count). The fourth-order valence-electron chi connectivity index (χ4n) is 15.5. The van der Waals surface area contributed by atoms with E-state index in [1.54, 1.807) is 0 Å². The first-order valence-corrected chi connectivity index (χ1v) is 30.6. The van der Waals surface area contributed by atoms with Crippen molar-refractivity contribution in [3.8, 4) is 44.5 Å². The molecule has 89 heavy (non-hydrogen) atoms. The molecule has 0 N–H and O–H groups in total. The Morgan fingerprint density at radius 1 is 0.236 bits per heavy atom. The number of anilines is 6. The minimum Gasteiger partial charge on any atom is -0.453 e. The molecular formula is C85H52N2O2. The van der Waals surface area contributed by atoms with E-state index in [2.05, 4.69) is 325 Å². The molecule has 414 valence electrons. The molecule has 4 nitrogen and oxygen atoms in total. The summed E-state index contributed by atoms with van der Waals surface area (Å²) >= 11 is 0. The minimum atomic E-state index is -0.670. The third-order valence-corrected chi connectivity index (χ3v) is 19.2. The fourth-order valence-corrected chi connectivity index (χ4v) is 15.5. The van der Waals surface area contributed by atoms with Crippen LogP contribution in [-0.2, 0) is 5.41 Å². The smallest absolute Gasteiger partial charge is 0.159 e. The molecule has 2 aromatic heterocycles. The first-order valence-electron chi connectivity index (χ1n) is 30.6. The summed E-state index contributed by atoms with van der Waals surface area (Å²) in [7, 11) is 0. The maximum absolute atomic E-state index is 7.17. The summed E-state index contributed by atoms with van der Waals surface area (Å²) in [5.41, 5.74) is 23.6. The quantitative estimate of drug-likeness (QED) is 0.142. The van der Waals surface area contributed by atoms with Crippen LogP contribution >= 0.6 is 0 Å². The van der Waals surface area contributed by atoms with Crippen molar-refractivity contribution in [3.63, 3.8) is 0 Å². The van der Waals surface area contributed by atoms with E-state index < -0.39 is 5.41 Å². The van der Waals surface area contributed by atoms with Crippen molar-refractivity contribution in [2.24, 2.45) is 0 Å². The van der Waals surface area contributed by atoms with E-state index >= 15 is 0 Å². The van der Waals surface area contributed by atoms with E-state index in [0.717, 1.165) is 106 Å². The Labute approximate surface area is 513 Å². The topological polar surface area (TPSA) is 32.8 Å². The van der Waals surface area contributed by atoms with Gasteiger partial charge in [-0.05, 0) is 161 Å². The number of furan rings is 2. The van der Waals surface area contributed by atoms with Crippen LogP contribution < -0.4 is 9.80 Å². The molecule has 0 fully saturated rings. The highest BCUT2D eigenvalue weighted by molar-refractivity contribution is 6.22. The molecule has 4 heteroatoms. The van der Waals surface area contributed by atoms with Crippen LogP contribution in [0.1, 0.15) is 22.3 Å². The third kappa shape index (κ3) is 7.11. The lowest BCUT2D eigenvalue weighted by atomic mass is 9.69. The van der Waals surface area contributed by atoms with E-state index in [9.17, 15) is 0 Å². The van der Waals surface area contributed by atoms with Gasteiger partial charge in [-0.25, -0.2) is 0 Å². The molecular weight excluding hydrogens is 1080 g/mol. The van der Waals surface area contributed by atoms with Gasteiger partial charge in [0.25, 0.3) is 0 Å². The van der Waals surface area contributed by atoms with Crippen molar-refractivity contribution < 1.29 is 8.83 Å². The Balaban J connectivity index is 0.844. The highest BCUT2D eigenvalue weighted by atomic mass is 16.3. The summed E-state index contributed by atoms with van der Waals surface area (Å²) in [6.45, 7) is 0. The largest absolute Gasteiger partial charge is 0.453 e. The molecule has 0 radical (unpaired) electrons. The van der Waals surface area contributed by atoms with Gasteiger partial charge in [0, 0.05) is 55.4 Å². The van der Waals surface area contributed by atoms with Crippen LogP contribution in [-0.4, -0.2) is 0 Å². The zero-order valence-corrected chi connectivity index (χ0v) is 48.2. The zero-order chi connectivity index (χ0) is 58.3. The van der Waals surface area contributed by atoms with E-state index in [4.69, 9.17) is 8.83 Å². The molecule has 17 aromatic rings. The Kier molecular flexibility index (Phi) is 10.7. The highest BCUT2D eigenvalue weighted by Gasteiger charge is 2.53. The maximum atomic E-state index is 7.17. The molecule has 0 aliphatic heterocycles. The van der Waals surface area contributed by atoms with Crippen LogP contribution in [0.15, 0.2) is 324 Å². The number of para-hydroxylation sites is 6. The van der Waals surface area contributed by atoms with Gasteiger partial charge in [0.15, 0.2) is 11.2 Å². The highest BCUT2D eigenvalue weighted by Crippen LogP contribution is 2.66. The van der Waals surface area contributed by atoms with Crippen molar-refractivity contribution in [3.05, 3.63) is 338 Å². The second-order valence-electron chi connectivity index (χ2n) is 23.7. The number of rotatable bonds is 8. The molecule has 2 aliphatic carbocycles. The Hall–Kier alpha value is -11.7. The molecule has 0 bridgehead atoms. The van der Waals surface area contributed by atoms with Gasteiger partial charge in [0.2, 0.25) is 0 Å². The number of hydrogen-bond donors (Lipinski definition) is 0. The maximum Gasteiger partial charge on any atom is 0.159 e. The summed E-state index contributed by atoms with van der Waals surface area (Å²) in [6, 6.07) is 115. The molecule has 0 atom stereocenters. The number of hydrogen-bond acceptors (Lipinski definition) is 4. The van der Waals surface area contributed by atoms with Crippen molar-refractivity contribution in [1.82, 2.24) is 0 Å². The van der Waals surface area contributed by atoms with Crippen LogP contribution in [0.4, 0.5) is 34.1 Å². The van der Waals surface area contributed by atoms with E-state index in [0.29, 0.717) is 0 Å². The first kappa shape index (κ1) is 49.5. The summed E-state index contributed by atoms with van der Waals surface area (Å²) in [5, 5.41) is 11.5. The van der Waals surface area contributed by atoms with Crippen LogP contribution in [0.2, 0.25) is 0 Å². The van der Waals surface area contributed by atoms with Gasteiger partial charge in [-0.15, -0.1) is 0 Å². The molecule has 15 aromatic carbocycles. The van der Waals surface area contributed by atoms with Crippen molar-refractivity contribution >= 4 is 110 Å². The number of nitrogens with zero attached hydrogens (tertiary/aromatic N) is 2. The zero-order valence-electron chi connectivity index (χ0n) is 48.2. The lowest BCUT2D eigenvalue weighted by Gasteiger charge is -2.32. The third-order valence-electron chi connectivity index (χ3n) is 19.2. The van der Waals surface area contributed by atoms with Crippen LogP contribution in [0.25, 0.3) is 121 Å². The lowest BCUT2D eigenvalue weighted by Crippen LogP contribution is -2.26. The van der Waals surface area contributed by atoms with Gasteiger partial charge in [0.1, 0.15) is 11.2 Å². The molecule has 0 saturated carbocycles. The molecule has 0 amide bonds. The lowest BCUT2D eigenvalue weighted by molar-refractivity contribution is 0.670. The minimum absolute atomic E-state index is 0.670. The van der Waals surface area contributed by atoms with Crippen LogP contribution in [0.3, 0.4) is 0 Å². The molecule has 0 saturated heterocycles. The molecule has 2 heterocycles. The standard InChI is InChI=1S/C85H52N2O2/c1-5-23-53(24-6-1)61-35-19-37-68-70-39-21-43-77(83(70)88-81(61)68)86(57-27-9-3-10-28-57)59-46-45-55-50-73-76(51-56(55)49-59)85(74-41-17-15-32-64(74)65-33-16-18-42-75(65)85)80-67-48-47-60(52-72(67)63-31-13-14-34-66(63)79(73)80)87(58-29-11-4-12-30-58)78-44-22-40-71-69-38-20-36-62(82(69)89-84(71)78)54-25-7-2-8-26-54/h1-52H. The number of benzene rings is 15. The average Bonchev–Trinajstić information content (AvgIpc) is 1.50. The van der Waals surface area contributed by atoms with E-state index in [-0.39, 0.29) is 0 Å². The summed E-state index contributed by atoms with van der Waals surface area (Å²) in [5.74, 6) is 0. The average molecular weight is 1130 g/mol. The summed E-state index contributed by atoms with van der Waals surface area (Å²) < 4.78 is 14.3. The molecule has 2 aliphatic rings. The second kappa shape index (κ2) is 19.1. The normalized spacial score (nSPS) is 12.8. The molecule has 0 unspecified atom stereocenters. The predicted molar refractivity (Wildman–Crippen MR) is 370 cm³/mol. The monoisotopic (exact) mass is 1130 g/mol. The van der Waals surface area contributed by atoms with Gasteiger partial charge in [-0.2, -0.15) is 0 Å². The van der Waals surface area contributed by atoms with Crippen molar-refractivity contribution in [2.45, 2.75) is 5.41 Å². The van der Waals surface area contributed by atoms with Crippen LogP contribution in [0, 0.1) is 0 Å². The van der Waals surface area contributed by atoms with Gasteiger partial charge >= 0.3 is 0 Å². The van der Waals surface area contributed by atoms with Crippen LogP contribution in [0.5, 0.6) is 0 Å². The Bertz CT molecular complexity index is 5700. The summed E-state index contributed by atoms with van der Waals surface area (Å²) in [4.78, 5) is 4.76. The SMILES string of the molecule is c1ccc(-c2cccc3c2oc2c(N(c4ccccc4)c4ccc5cc6c(cc5c4)C4(c5ccccc5-c5ccccc54)c4c-6c5ccccc5c5cc(N(c6ccccc6)c6cccc7c6oc6c(-c8ccccc8)cccc67)ccc45)cccc23)cc1. The van der Waals surface area contributed by atoms with Gasteiger partial charge in [-0.3, -0.25) is 0 Å². The summed E-state index contributed by atoms with van der Waals surface area (Å²) in [6.07, 6.45) is 0. The van der Waals surface area contributed by atoms with Gasteiger partial charge in [-0.1, -0.05) is 243 Å². The van der Waals surface area contributed by atoms with E-state index in [1.165, 1.54) is 71.4 Å². The fraction of sp³-hybridized carbons (Fsp3) is 0.0118. The molecule has 1 spiro atoms. The second-order valence-corrected chi connectivity index (χ2v) is 23.7. The van der Waals surface area contributed by atoms with Gasteiger partial charge in [0.05, 0.1) is 16.8 Å². The number of fused-ring (bicyclic) bond motifs is 22. The van der Waals surface area contributed by atoms with E-state index in [1.807, 2.05) is 0 Å². The van der Waals surface area contributed by atoms with Crippen molar-refractivity contribution in [1.29, 1.82) is 0 Å². The first-order chi connectivity index (χ1) is 44.2.